The number of fused-ring (bicyclic) bond motifs is 2. The fourth-order valence-electron chi connectivity index (χ4n) is 4.06. The van der Waals surface area contributed by atoms with Crippen molar-refractivity contribution in [3.05, 3.63) is 51.9 Å². The Labute approximate surface area is 171 Å². The summed E-state index contributed by atoms with van der Waals surface area (Å²) in [7, 11) is 0. The Morgan fingerprint density at radius 1 is 1.17 bits per heavy atom. The van der Waals surface area contributed by atoms with Gasteiger partial charge in [-0.25, -0.2) is 4.79 Å². The van der Waals surface area contributed by atoms with Crippen LogP contribution in [0.4, 0.5) is 0 Å². The summed E-state index contributed by atoms with van der Waals surface area (Å²) in [5, 5.41) is 10.4. The molecule has 4 rings (SSSR count). The van der Waals surface area contributed by atoms with E-state index in [1.54, 1.807) is 13.0 Å². The highest BCUT2D eigenvalue weighted by Gasteiger charge is 2.46. The van der Waals surface area contributed by atoms with E-state index in [1.807, 2.05) is 12.2 Å². The molecule has 2 atom stereocenters. The topological polar surface area (TPSA) is 114 Å². The Kier molecular flexibility index (Phi) is 5.15. The average Bonchev–Trinajstić information content (AvgIpc) is 2.98. The third-order valence-corrected chi connectivity index (χ3v) is 5.75. The van der Waals surface area contributed by atoms with E-state index in [0.29, 0.717) is 29.4 Å². The molecule has 1 N–H and O–H groups in total. The van der Waals surface area contributed by atoms with Crippen LogP contribution < -0.4 is 5.63 Å². The number of phenols is 1. The van der Waals surface area contributed by atoms with Gasteiger partial charge in [-0.2, -0.15) is 0 Å². The number of allylic oxidation sites excluding steroid dienone is 2. The molecule has 1 saturated heterocycles. The van der Waals surface area contributed by atoms with Crippen molar-refractivity contribution in [2.45, 2.75) is 32.8 Å². The first-order chi connectivity index (χ1) is 14.4. The van der Waals surface area contributed by atoms with Gasteiger partial charge in [-0.05, 0) is 31.9 Å². The number of carbonyl (C=O) groups excluding carboxylic acids is 3. The molecule has 0 bridgehead atoms. The van der Waals surface area contributed by atoms with Crippen molar-refractivity contribution in [2.75, 3.05) is 6.54 Å². The number of aromatic hydroxyl groups is 1. The SMILES string of the molecule is Cc1c(O)ccc2c(COC(=O)CCN3C(=O)[C@@H]4CC=CC[C@H]4C3=O)cc(=O)oc12. The molecule has 1 aliphatic carbocycles. The zero-order valence-electron chi connectivity index (χ0n) is 16.4. The lowest BCUT2D eigenvalue weighted by molar-refractivity contribution is -0.146. The zero-order chi connectivity index (χ0) is 21.4. The zero-order valence-corrected chi connectivity index (χ0v) is 16.4. The van der Waals surface area contributed by atoms with E-state index in [9.17, 15) is 24.3 Å². The summed E-state index contributed by atoms with van der Waals surface area (Å²) in [6.45, 7) is 1.43. The number of hydrogen-bond acceptors (Lipinski definition) is 7. The number of rotatable bonds is 5. The third-order valence-electron chi connectivity index (χ3n) is 5.75. The highest BCUT2D eigenvalue weighted by molar-refractivity contribution is 6.05. The van der Waals surface area contributed by atoms with Gasteiger partial charge in [-0.15, -0.1) is 0 Å². The summed E-state index contributed by atoms with van der Waals surface area (Å²) < 4.78 is 10.4. The number of amides is 2. The van der Waals surface area contributed by atoms with E-state index in [1.165, 1.54) is 12.1 Å². The van der Waals surface area contributed by atoms with Crippen LogP contribution in [0.25, 0.3) is 11.0 Å². The number of aryl methyl sites for hydroxylation is 1. The van der Waals surface area contributed by atoms with Crippen LogP contribution in [0.5, 0.6) is 5.75 Å². The van der Waals surface area contributed by atoms with Gasteiger partial charge in [-0.1, -0.05) is 12.2 Å². The van der Waals surface area contributed by atoms with Crippen LogP contribution >= 0.6 is 0 Å². The largest absolute Gasteiger partial charge is 0.508 e. The maximum Gasteiger partial charge on any atom is 0.336 e. The number of phenolic OH excluding ortho intramolecular Hbond substituents is 1. The molecule has 8 nitrogen and oxygen atoms in total. The molecule has 2 aromatic rings. The Hall–Kier alpha value is -3.42. The van der Waals surface area contributed by atoms with Crippen molar-refractivity contribution in [1.29, 1.82) is 0 Å². The van der Waals surface area contributed by atoms with Crippen molar-refractivity contribution in [2.24, 2.45) is 11.8 Å². The van der Waals surface area contributed by atoms with E-state index in [2.05, 4.69) is 0 Å². The normalized spacial score (nSPS) is 20.6. The molecule has 2 amide bonds. The fraction of sp³-hybridized carbons (Fsp3) is 0.364. The van der Waals surface area contributed by atoms with Gasteiger partial charge in [0.15, 0.2) is 0 Å². The Balaban J connectivity index is 1.40. The van der Waals surface area contributed by atoms with Gasteiger partial charge in [0.05, 0.1) is 18.3 Å². The maximum atomic E-state index is 12.4. The van der Waals surface area contributed by atoms with Crippen LogP contribution in [-0.2, 0) is 25.7 Å². The molecule has 1 aromatic carbocycles. The molecule has 1 aliphatic heterocycles. The number of likely N-dealkylation sites (tertiary alicyclic amines) is 1. The number of esters is 1. The average molecular weight is 411 g/mol. The van der Waals surface area contributed by atoms with E-state index in [0.717, 1.165) is 4.90 Å². The second-order valence-electron chi connectivity index (χ2n) is 7.57. The molecule has 2 heterocycles. The summed E-state index contributed by atoms with van der Waals surface area (Å²) >= 11 is 0. The first kappa shape index (κ1) is 19.9. The van der Waals surface area contributed by atoms with Gasteiger partial charge in [0.2, 0.25) is 11.8 Å². The van der Waals surface area contributed by atoms with Gasteiger partial charge in [0.1, 0.15) is 17.9 Å². The summed E-state index contributed by atoms with van der Waals surface area (Å²) in [5.41, 5.74) is 0.479. The summed E-state index contributed by atoms with van der Waals surface area (Å²) in [4.78, 5) is 50.1. The van der Waals surface area contributed by atoms with Crippen LogP contribution in [-0.4, -0.2) is 34.3 Å². The van der Waals surface area contributed by atoms with Crippen molar-refractivity contribution in [3.8, 4) is 5.75 Å². The van der Waals surface area contributed by atoms with Crippen LogP contribution in [0.2, 0.25) is 0 Å². The van der Waals surface area contributed by atoms with E-state index in [4.69, 9.17) is 9.15 Å². The first-order valence-corrected chi connectivity index (χ1v) is 9.78. The lowest BCUT2D eigenvalue weighted by Gasteiger charge is -2.14. The van der Waals surface area contributed by atoms with Crippen molar-refractivity contribution >= 4 is 28.8 Å². The predicted molar refractivity (Wildman–Crippen MR) is 105 cm³/mol. The molecule has 30 heavy (non-hydrogen) atoms. The van der Waals surface area contributed by atoms with Gasteiger partial charge in [0, 0.05) is 29.1 Å². The monoisotopic (exact) mass is 411 g/mol. The smallest absolute Gasteiger partial charge is 0.336 e. The maximum absolute atomic E-state index is 12.4. The lowest BCUT2D eigenvalue weighted by atomic mass is 9.85. The molecule has 0 spiro atoms. The van der Waals surface area contributed by atoms with E-state index < -0.39 is 11.6 Å². The molecular formula is C22H21NO7. The van der Waals surface area contributed by atoms with Gasteiger partial charge in [0.25, 0.3) is 0 Å². The molecule has 0 saturated carbocycles. The molecule has 8 heteroatoms. The number of ether oxygens (including phenoxy) is 1. The number of carbonyl (C=O) groups is 3. The van der Waals surface area contributed by atoms with Crippen LogP contribution in [0.1, 0.15) is 30.4 Å². The Bertz CT molecular complexity index is 1100. The third kappa shape index (κ3) is 3.49. The number of nitrogens with zero attached hydrogens (tertiary/aromatic N) is 1. The fourth-order valence-corrected chi connectivity index (χ4v) is 4.06. The number of imide groups is 1. The molecule has 0 radical (unpaired) electrons. The predicted octanol–water partition coefficient (Wildman–Crippen LogP) is 2.19. The Morgan fingerprint density at radius 2 is 1.83 bits per heavy atom. The minimum absolute atomic E-state index is 0.00416. The highest BCUT2D eigenvalue weighted by Crippen LogP contribution is 2.35. The standard InChI is InChI=1S/C22H21NO7/c1-12-17(24)7-6-14-13(10-19(26)30-20(12)14)11-29-18(25)8-9-23-21(27)15-4-2-3-5-16(15)22(23)28/h2-3,6-7,10,15-16,24H,4-5,8-9,11H2,1H3/t15-,16-/m1/s1. The summed E-state index contributed by atoms with van der Waals surface area (Å²) in [5.74, 6) is -1.70. The number of hydrogen-bond donors (Lipinski definition) is 1. The quantitative estimate of drug-likeness (QED) is 0.347. The van der Waals surface area contributed by atoms with Crippen LogP contribution in [0, 0.1) is 18.8 Å². The highest BCUT2D eigenvalue weighted by atomic mass is 16.5. The molecule has 156 valence electrons. The molecule has 0 unspecified atom stereocenters. The van der Waals surface area contributed by atoms with E-state index >= 15 is 0 Å². The first-order valence-electron chi connectivity index (χ1n) is 9.78. The van der Waals surface area contributed by atoms with Gasteiger partial charge in [-0.3, -0.25) is 19.3 Å². The van der Waals surface area contributed by atoms with Crippen molar-refractivity contribution < 1.29 is 28.6 Å². The molecule has 2 aliphatic rings. The molecular weight excluding hydrogens is 390 g/mol. The minimum Gasteiger partial charge on any atom is -0.508 e. The Morgan fingerprint density at radius 3 is 2.50 bits per heavy atom. The van der Waals surface area contributed by atoms with E-state index in [-0.39, 0.29) is 54.6 Å². The van der Waals surface area contributed by atoms with Crippen LogP contribution in [0.3, 0.4) is 0 Å². The molecule has 1 aromatic heterocycles. The van der Waals surface area contributed by atoms with Crippen molar-refractivity contribution in [1.82, 2.24) is 4.90 Å². The second kappa shape index (κ2) is 7.78. The summed E-state index contributed by atoms with van der Waals surface area (Å²) in [6.07, 6.45) is 4.80. The summed E-state index contributed by atoms with van der Waals surface area (Å²) in [6, 6.07) is 4.29. The second-order valence-corrected chi connectivity index (χ2v) is 7.57. The van der Waals surface area contributed by atoms with Crippen molar-refractivity contribution in [3.63, 3.8) is 0 Å². The number of benzene rings is 1. The molecule has 1 fully saturated rings. The van der Waals surface area contributed by atoms with Gasteiger partial charge >= 0.3 is 11.6 Å². The van der Waals surface area contributed by atoms with Crippen LogP contribution in [0.15, 0.2) is 39.6 Å². The lowest BCUT2D eigenvalue weighted by Crippen LogP contribution is -2.33. The minimum atomic E-state index is -0.619. The van der Waals surface area contributed by atoms with Gasteiger partial charge < -0.3 is 14.3 Å².